The van der Waals surface area contributed by atoms with Gasteiger partial charge in [0.1, 0.15) is 0 Å². The number of carbonyl (C=O) groups is 1. The first kappa shape index (κ1) is 12.6. The Kier molecular flexibility index (Phi) is 4.21. The van der Waals surface area contributed by atoms with Crippen molar-refractivity contribution in [2.75, 3.05) is 0 Å². The third-order valence-corrected chi connectivity index (χ3v) is 4.38. The van der Waals surface area contributed by atoms with Gasteiger partial charge in [-0.2, -0.15) is 0 Å². The van der Waals surface area contributed by atoms with Crippen molar-refractivity contribution in [3.05, 3.63) is 12.2 Å². The quantitative estimate of drug-likeness (QED) is 0.552. The van der Waals surface area contributed by atoms with E-state index in [0.717, 1.165) is 18.8 Å². The van der Waals surface area contributed by atoms with E-state index in [1.807, 2.05) is 0 Å². The highest BCUT2D eigenvalue weighted by atomic mass is 16.4. The molecule has 96 valence electrons. The molecular formula is C14H22O3. The lowest BCUT2D eigenvalue weighted by atomic mass is 9.84. The molecule has 2 rings (SSSR count). The van der Waals surface area contributed by atoms with Crippen LogP contribution in [0.4, 0.5) is 0 Å². The topological polar surface area (TPSA) is 57.5 Å². The standard InChI is InChI=1S/C14H22O3/c15-13(16)6-4-2-1-3-5-12-10-7-8-11(9-10)14(12)17/h1,3,10-12,14,17H,2,4-9H2,(H,15,16)/t10-,11+,12-,14+/m0/s1. The Hall–Kier alpha value is -0.830. The van der Waals surface area contributed by atoms with E-state index in [4.69, 9.17) is 5.11 Å². The van der Waals surface area contributed by atoms with Crippen LogP contribution in [0.2, 0.25) is 0 Å². The average molecular weight is 238 g/mol. The Labute approximate surface area is 103 Å². The molecule has 0 aromatic heterocycles. The predicted octanol–water partition coefficient (Wildman–Crippen LogP) is 2.59. The molecule has 0 spiro atoms. The summed E-state index contributed by atoms with van der Waals surface area (Å²) < 4.78 is 0. The summed E-state index contributed by atoms with van der Waals surface area (Å²) in [5.74, 6) is 1.04. The second-order valence-electron chi connectivity index (χ2n) is 5.48. The van der Waals surface area contributed by atoms with Gasteiger partial charge in [-0.05, 0) is 56.3 Å². The van der Waals surface area contributed by atoms with Crippen LogP contribution < -0.4 is 0 Å². The van der Waals surface area contributed by atoms with Crippen LogP contribution in [-0.4, -0.2) is 22.3 Å². The number of fused-ring (bicyclic) bond motifs is 2. The Morgan fingerprint density at radius 2 is 2.00 bits per heavy atom. The van der Waals surface area contributed by atoms with Gasteiger partial charge in [-0.25, -0.2) is 0 Å². The van der Waals surface area contributed by atoms with Crippen molar-refractivity contribution in [1.29, 1.82) is 0 Å². The maximum atomic E-state index is 10.3. The summed E-state index contributed by atoms with van der Waals surface area (Å²) in [6, 6.07) is 0. The Bertz CT molecular complexity index is 296. The molecule has 4 atom stereocenters. The fourth-order valence-corrected chi connectivity index (χ4v) is 3.45. The molecule has 2 N–H and O–H groups in total. The van der Waals surface area contributed by atoms with E-state index < -0.39 is 5.97 Å². The van der Waals surface area contributed by atoms with E-state index in [9.17, 15) is 9.90 Å². The highest BCUT2D eigenvalue weighted by molar-refractivity contribution is 5.66. The molecular weight excluding hydrogens is 216 g/mol. The van der Waals surface area contributed by atoms with Crippen LogP contribution in [-0.2, 0) is 4.79 Å². The molecule has 17 heavy (non-hydrogen) atoms. The second-order valence-corrected chi connectivity index (χ2v) is 5.48. The number of aliphatic hydroxyl groups excluding tert-OH is 1. The zero-order valence-corrected chi connectivity index (χ0v) is 10.2. The van der Waals surface area contributed by atoms with Crippen LogP contribution in [0.15, 0.2) is 12.2 Å². The van der Waals surface area contributed by atoms with E-state index in [-0.39, 0.29) is 12.5 Å². The molecule has 0 aliphatic heterocycles. The first-order valence-electron chi connectivity index (χ1n) is 6.73. The lowest BCUT2D eigenvalue weighted by Gasteiger charge is -2.25. The minimum absolute atomic E-state index is 0.0857. The van der Waals surface area contributed by atoms with Crippen molar-refractivity contribution in [1.82, 2.24) is 0 Å². The van der Waals surface area contributed by atoms with Crippen LogP contribution in [0.5, 0.6) is 0 Å². The first-order chi connectivity index (χ1) is 8.18. The number of hydrogen-bond acceptors (Lipinski definition) is 2. The molecule has 2 fully saturated rings. The molecule has 2 aliphatic rings. The number of carboxylic acids is 1. The van der Waals surface area contributed by atoms with Crippen molar-refractivity contribution in [3.8, 4) is 0 Å². The number of unbranched alkanes of at least 4 members (excludes halogenated alkanes) is 1. The van der Waals surface area contributed by atoms with Gasteiger partial charge in [0.2, 0.25) is 0 Å². The average Bonchev–Trinajstić information content (AvgIpc) is 2.85. The summed E-state index contributed by atoms with van der Waals surface area (Å²) in [6.07, 6.45) is 10.6. The molecule has 0 heterocycles. The van der Waals surface area contributed by atoms with Gasteiger partial charge in [0.05, 0.1) is 6.10 Å². The summed E-state index contributed by atoms with van der Waals surface area (Å²) in [7, 11) is 0. The lowest BCUT2D eigenvalue weighted by Crippen LogP contribution is -2.26. The zero-order chi connectivity index (χ0) is 12.3. The number of rotatable bonds is 6. The Morgan fingerprint density at radius 1 is 1.24 bits per heavy atom. The molecule has 2 aliphatic carbocycles. The van der Waals surface area contributed by atoms with Crippen molar-refractivity contribution in [2.24, 2.45) is 17.8 Å². The van der Waals surface area contributed by atoms with Gasteiger partial charge in [-0.3, -0.25) is 4.79 Å². The number of carboxylic acid groups (broad SMARTS) is 1. The van der Waals surface area contributed by atoms with Crippen molar-refractivity contribution in [2.45, 2.75) is 51.0 Å². The van der Waals surface area contributed by atoms with Crippen molar-refractivity contribution in [3.63, 3.8) is 0 Å². The summed E-state index contributed by atoms with van der Waals surface area (Å²) in [6.45, 7) is 0. The molecule has 3 heteroatoms. The first-order valence-corrected chi connectivity index (χ1v) is 6.73. The van der Waals surface area contributed by atoms with Gasteiger partial charge in [0.15, 0.2) is 0 Å². The highest BCUT2D eigenvalue weighted by Gasteiger charge is 2.45. The van der Waals surface area contributed by atoms with Gasteiger partial charge >= 0.3 is 5.97 Å². The van der Waals surface area contributed by atoms with Gasteiger partial charge in [0.25, 0.3) is 0 Å². The van der Waals surface area contributed by atoms with Crippen molar-refractivity contribution < 1.29 is 15.0 Å². The van der Waals surface area contributed by atoms with E-state index in [1.165, 1.54) is 19.3 Å². The molecule has 2 bridgehead atoms. The van der Waals surface area contributed by atoms with Gasteiger partial charge in [-0.1, -0.05) is 12.2 Å². The third-order valence-electron chi connectivity index (χ3n) is 4.38. The molecule has 0 saturated heterocycles. The fraction of sp³-hybridized carbons (Fsp3) is 0.786. The van der Waals surface area contributed by atoms with Gasteiger partial charge in [0, 0.05) is 6.42 Å². The van der Waals surface area contributed by atoms with Gasteiger partial charge in [-0.15, -0.1) is 0 Å². The van der Waals surface area contributed by atoms with E-state index >= 15 is 0 Å². The maximum absolute atomic E-state index is 10.3. The predicted molar refractivity (Wildman–Crippen MR) is 65.6 cm³/mol. The molecule has 3 nitrogen and oxygen atoms in total. The van der Waals surface area contributed by atoms with E-state index in [0.29, 0.717) is 18.3 Å². The Balaban J connectivity index is 1.65. The summed E-state index contributed by atoms with van der Waals surface area (Å²) >= 11 is 0. The largest absolute Gasteiger partial charge is 0.481 e. The van der Waals surface area contributed by atoms with Crippen LogP contribution in [0.25, 0.3) is 0 Å². The number of aliphatic hydroxyl groups is 1. The number of allylic oxidation sites excluding steroid dienone is 2. The third kappa shape index (κ3) is 3.09. The van der Waals surface area contributed by atoms with Crippen LogP contribution >= 0.6 is 0 Å². The maximum Gasteiger partial charge on any atom is 0.303 e. The molecule has 0 radical (unpaired) electrons. The summed E-state index contributed by atoms with van der Waals surface area (Å²) in [5.41, 5.74) is 0. The normalized spacial score (nSPS) is 35.8. The molecule has 0 aromatic carbocycles. The molecule has 0 amide bonds. The lowest BCUT2D eigenvalue weighted by molar-refractivity contribution is -0.137. The molecule has 0 unspecified atom stereocenters. The van der Waals surface area contributed by atoms with Crippen LogP contribution in [0.3, 0.4) is 0 Å². The Morgan fingerprint density at radius 3 is 2.65 bits per heavy atom. The summed E-state index contributed by atoms with van der Waals surface area (Å²) in [4.78, 5) is 10.3. The second kappa shape index (κ2) is 5.67. The SMILES string of the molecule is O=C(O)CCCC=CC[C@H]1[C@H]2CC[C@H](C2)[C@H]1O. The van der Waals surface area contributed by atoms with Crippen LogP contribution in [0.1, 0.15) is 44.9 Å². The highest BCUT2D eigenvalue weighted by Crippen LogP contribution is 2.49. The summed E-state index contributed by atoms with van der Waals surface area (Å²) in [5, 5.41) is 18.5. The fourth-order valence-electron chi connectivity index (χ4n) is 3.45. The van der Waals surface area contributed by atoms with E-state index in [2.05, 4.69) is 12.2 Å². The minimum Gasteiger partial charge on any atom is -0.481 e. The van der Waals surface area contributed by atoms with E-state index in [1.54, 1.807) is 0 Å². The number of aliphatic carboxylic acids is 1. The minimum atomic E-state index is -0.720. The zero-order valence-electron chi connectivity index (χ0n) is 10.2. The van der Waals surface area contributed by atoms with Crippen molar-refractivity contribution >= 4 is 5.97 Å². The molecule has 0 aromatic rings. The smallest absolute Gasteiger partial charge is 0.303 e. The monoisotopic (exact) mass is 238 g/mol. The number of hydrogen-bond donors (Lipinski definition) is 2. The van der Waals surface area contributed by atoms with Crippen LogP contribution in [0, 0.1) is 17.8 Å². The molecule has 2 saturated carbocycles. The van der Waals surface area contributed by atoms with Gasteiger partial charge < -0.3 is 10.2 Å².